The molecule has 0 fully saturated rings. The molecule has 0 amide bonds. The second-order valence-electron chi connectivity index (χ2n) is 4.71. The number of nitrogens with zero attached hydrogens (tertiary/aromatic N) is 2. The minimum absolute atomic E-state index is 0.297. The second kappa shape index (κ2) is 4.14. The van der Waals surface area contributed by atoms with Crippen molar-refractivity contribution in [3.05, 3.63) is 23.8 Å². The molecule has 0 unspecified atom stereocenters. The van der Waals surface area contributed by atoms with E-state index in [4.69, 9.17) is 0 Å². The molecular formula is C12H16N2O2S. The van der Waals surface area contributed by atoms with Gasteiger partial charge in [0, 0.05) is 6.54 Å². The third-order valence-corrected chi connectivity index (χ3v) is 3.86. The third-order valence-electron chi connectivity index (χ3n) is 2.59. The fourth-order valence-electron chi connectivity index (χ4n) is 1.85. The van der Waals surface area contributed by atoms with Crippen LogP contribution in [0.1, 0.15) is 19.4 Å². The number of rotatable bonds is 2. The molecule has 0 saturated heterocycles. The van der Waals surface area contributed by atoms with Gasteiger partial charge in [-0.1, -0.05) is 19.9 Å². The molecule has 1 aliphatic rings. The zero-order chi connectivity index (χ0) is 12.6. The number of aryl methyl sites for hydroxylation is 1. The smallest absolute Gasteiger partial charge is 0.285 e. The average Bonchev–Trinajstić information content (AvgIpc) is 2.22. The zero-order valence-corrected chi connectivity index (χ0v) is 11.0. The molecule has 1 aromatic carbocycles. The number of hydrogen-bond donors (Lipinski definition) is 0. The summed E-state index contributed by atoms with van der Waals surface area (Å²) in [5.74, 6) is 0.440. The van der Waals surface area contributed by atoms with Gasteiger partial charge in [-0.15, -0.1) is 4.40 Å². The van der Waals surface area contributed by atoms with Crippen LogP contribution in [0.4, 0.5) is 5.69 Å². The van der Waals surface area contributed by atoms with E-state index >= 15 is 0 Å². The van der Waals surface area contributed by atoms with Crippen LogP contribution >= 0.6 is 0 Å². The summed E-state index contributed by atoms with van der Waals surface area (Å²) in [5, 5.41) is 0. The van der Waals surface area contributed by atoms with E-state index < -0.39 is 10.0 Å². The molecule has 0 saturated carbocycles. The fourth-order valence-corrected chi connectivity index (χ4v) is 2.88. The van der Waals surface area contributed by atoms with Gasteiger partial charge in [0.1, 0.15) is 11.2 Å². The number of fused-ring (bicyclic) bond motifs is 1. The molecule has 1 aromatic rings. The van der Waals surface area contributed by atoms with Crippen LogP contribution in [0.3, 0.4) is 0 Å². The third kappa shape index (κ3) is 2.34. The molecule has 5 heteroatoms. The number of sulfonamides is 1. The van der Waals surface area contributed by atoms with Crippen molar-refractivity contribution in [3.63, 3.8) is 0 Å². The minimum atomic E-state index is -3.50. The first kappa shape index (κ1) is 12.1. The van der Waals surface area contributed by atoms with Crippen LogP contribution in [0, 0.1) is 12.8 Å². The molecule has 1 heterocycles. The van der Waals surface area contributed by atoms with Crippen molar-refractivity contribution in [2.24, 2.45) is 10.3 Å². The molecule has 4 nitrogen and oxygen atoms in total. The van der Waals surface area contributed by atoms with E-state index in [1.54, 1.807) is 12.1 Å². The first-order chi connectivity index (χ1) is 7.90. The Labute approximate surface area is 102 Å². The van der Waals surface area contributed by atoms with Crippen LogP contribution in [0.15, 0.2) is 27.5 Å². The van der Waals surface area contributed by atoms with Gasteiger partial charge in [-0.05, 0) is 30.5 Å². The summed E-state index contributed by atoms with van der Waals surface area (Å²) < 4.78 is 27.2. The predicted octanol–water partition coefficient (Wildman–Crippen LogP) is 2.19. The van der Waals surface area contributed by atoms with Gasteiger partial charge < -0.3 is 4.90 Å². The van der Waals surface area contributed by atoms with Crippen LogP contribution in [-0.2, 0) is 10.0 Å². The largest absolute Gasteiger partial charge is 0.330 e. The lowest BCUT2D eigenvalue weighted by molar-refractivity contribution is 0.595. The Hall–Kier alpha value is -1.36. The SMILES string of the molecule is Cc1ccc2c(c1)N(CC(C)C)C=NS2(=O)=O. The van der Waals surface area contributed by atoms with E-state index in [2.05, 4.69) is 18.2 Å². The normalized spacial score (nSPS) is 17.3. The molecule has 0 radical (unpaired) electrons. The van der Waals surface area contributed by atoms with Crippen molar-refractivity contribution in [2.45, 2.75) is 25.7 Å². The quantitative estimate of drug-likeness (QED) is 0.810. The first-order valence-corrected chi connectivity index (χ1v) is 7.02. The average molecular weight is 252 g/mol. The van der Waals surface area contributed by atoms with Crippen molar-refractivity contribution in [1.29, 1.82) is 0 Å². The summed E-state index contributed by atoms with van der Waals surface area (Å²) in [7, 11) is -3.50. The van der Waals surface area contributed by atoms with Crippen molar-refractivity contribution >= 4 is 22.0 Å². The van der Waals surface area contributed by atoms with Crippen LogP contribution in [0.25, 0.3) is 0 Å². The van der Waals surface area contributed by atoms with E-state index in [-0.39, 0.29) is 0 Å². The van der Waals surface area contributed by atoms with Gasteiger partial charge >= 0.3 is 0 Å². The molecule has 0 spiro atoms. The summed E-state index contributed by atoms with van der Waals surface area (Å²) >= 11 is 0. The lowest BCUT2D eigenvalue weighted by Crippen LogP contribution is -2.30. The van der Waals surface area contributed by atoms with Crippen LogP contribution < -0.4 is 4.90 Å². The van der Waals surface area contributed by atoms with Gasteiger partial charge in [0.15, 0.2) is 0 Å². The Kier molecular flexibility index (Phi) is 2.95. The lowest BCUT2D eigenvalue weighted by Gasteiger charge is -2.26. The van der Waals surface area contributed by atoms with E-state index in [9.17, 15) is 8.42 Å². The van der Waals surface area contributed by atoms with Crippen molar-refractivity contribution in [3.8, 4) is 0 Å². The lowest BCUT2D eigenvalue weighted by atomic mass is 10.1. The highest BCUT2D eigenvalue weighted by Gasteiger charge is 2.25. The second-order valence-corrected chi connectivity index (χ2v) is 6.31. The summed E-state index contributed by atoms with van der Waals surface area (Å²) in [4.78, 5) is 2.19. The summed E-state index contributed by atoms with van der Waals surface area (Å²) in [5.41, 5.74) is 1.77. The molecule has 0 atom stereocenters. The Morgan fingerprint density at radius 1 is 1.35 bits per heavy atom. The first-order valence-electron chi connectivity index (χ1n) is 5.58. The molecule has 0 aromatic heterocycles. The van der Waals surface area contributed by atoms with E-state index in [1.807, 2.05) is 17.9 Å². The maximum atomic E-state index is 11.8. The monoisotopic (exact) mass is 252 g/mol. The molecule has 17 heavy (non-hydrogen) atoms. The molecule has 92 valence electrons. The summed E-state index contributed by atoms with van der Waals surface area (Å²) in [6.07, 6.45) is 1.41. The fraction of sp³-hybridized carbons (Fsp3) is 0.417. The van der Waals surface area contributed by atoms with Gasteiger partial charge in [-0.3, -0.25) is 0 Å². The van der Waals surface area contributed by atoms with Crippen LogP contribution in [0.5, 0.6) is 0 Å². The topological polar surface area (TPSA) is 49.7 Å². The minimum Gasteiger partial charge on any atom is -0.330 e. The van der Waals surface area contributed by atoms with Gasteiger partial charge in [0.05, 0.1) is 5.69 Å². The number of benzene rings is 1. The Bertz CT molecular complexity index is 562. The number of anilines is 1. The van der Waals surface area contributed by atoms with Gasteiger partial charge in [0.2, 0.25) is 0 Å². The van der Waals surface area contributed by atoms with Crippen LogP contribution in [-0.4, -0.2) is 21.3 Å². The van der Waals surface area contributed by atoms with Crippen molar-refractivity contribution < 1.29 is 8.42 Å². The summed E-state index contributed by atoms with van der Waals surface area (Å²) in [6.45, 7) is 6.89. The Morgan fingerprint density at radius 3 is 2.71 bits per heavy atom. The molecule has 0 bridgehead atoms. The van der Waals surface area contributed by atoms with Crippen molar-refractivity contribution in [1.82, 2.24) is 0 Å². The summed E-state index contributed by atoms with van der Waals surface area (Å²) in [6, 6.07) is 5.31. The van der Waals surface area contributed by atoms with Gasteiger partial charge in [-0.25, -0.2) is 0 Å². The molecule has 0 aliphatic carbocycles. The maximum Gasteiger partial charge on any atom is 0.285 e. The Balaban J connectivity index is 2.54. The van der Waals surface area contributed by atoms with Gasteiger partial charge in [0.25, 0.3) is 10.0 Å². The van der Waals surface area contributed by atoms with E-state index in [1.165, 1.54) is 6.34 Å². The van der Waals surface area contributed by atoms with Gasteiger partial charge in [-0.2, -0.15) is 8.42 Å². The Morgan fingerprint density at radius 2 is 2.06 bits per heavy atom. The molecule has 1 aliphatic heterocycles. The predicted molar refractivity (Wildman–Crippen MR) is 69.0 cm³/mol. The maximum absolute atomic E-state index is 11.8. The highest BCUT2D eigenvalue weighted by atomic mass is 32.2. The number of hydrogen-bond acceptors (Lipinski definition) is 3. The highest BCUT2D eigenvalue weighted by Crippen LogP contribution is 2.30. The van der Waals surface area contributed by atoms with Crippen LogP contribution in [0.2, 0.25) is 0 Å². The highest BCUT2D eigenvalue weighted by molar-refractivity contribution is 7.90. The standard InChI is InChI=1S/C12H16N2O2S/c1-9(2)7-14-8-13-17(15,16)12-5-4-10(3)6-11(12)14/h4-6,8-9H,7H2,1-3H3. The van der Waals surface area contributed by atoms with Crippen molar-refractivity contribution in [2.75, 3.05) is 11.4 Å². The zero-order valence-electron chi connectivity index (χ0n) is 10.2. The van der Waals surface area contributed by atoms with E-state index in [0.717, 1.165) is 17.8 Å². The molecular weight excluding hydrogens is 236 g/mol. The molecule has 0 N–H and O–H groups in total. The van der Waals surface area contributed by atoms with E-state index in [0.29, 0.717) is 10.8 Å². The molecule has 2 rings (SSSR count).